The predicted octanol–water partition coefficient (Wildman–Crippen LogP) is 3.70. The highest BCUT2D eigenvalue weighted by atomic mass is 35.5. The Kier molecular flexibility index (Phi) is 4.27. The third-order valence-corrected chi connectivity index (χ3v) is 4.92. The summed E-state index contributed by atoms with van der Waals surface area (Å²) in [5.41, 5.74) is 5.55. The average molecular weight is 354 g/mol. The Balaban J connectivity index is 1.51. The SMILES string of the molecule is Cc1nc(CN2CCc3nc(-c4ccc(Cl)cc4)ncc3C2)[nH]c1C. The lowest BCUT2D eigenvalue weighted by Crippen LogP contribution is -2.31. The van der Waals surface area contributed by atoms with E-state index in [0.29, 0.717) is 0 Å². The van der Waals surface area contributed by atoms with E-state index < -0.39 is 0 Å². The molecule has 25 heavy (non-hydrogen) atoms. The second-order valence-corrected chi connectivity index (χ2v) is 6.96. The Labute approximate surface area is 152 Å². The first-order valence-electron chi connectivity index (χ1n) is 8.43. The molecule has 4 rings (SSSR count). The predicted molar refractivity (Wildman–Crippen MR) is 98.4 cm³/mol. The molecule has 0 saturated heterocycles. The van der Waals surface area contributed by atoms with Crippen molar-refractivity contribution in [1.29, 1.82) is 0 Å². The largest absolute Gasteiger partial charge is 0.345 e. The highest BCUT2D eigenvalue weighted by molar-refractivity contribution is 6.30. The van der Waals surface area contributed by atoms with E-state index in [1.54, 1.807) is 0 Å². The van der Waals surface area contributed by atoms with Gasteiger partial charge in [-0.05, 0) is 38.1 Å². The monoisotopic (exact) mass is 353 g/mol. The first-order chi connectivity index (χ1) is 12.1. The third-order valence-electron chi connectivity index (χ3n) is 4.67. The van der Waals surface area contributed by atoms with Gasteiger partial charge in [0.15, 0.2) is 5.82 Å². The number of nitrogens with zero attached hydrogens (tertiary/aromatic N) is 4. The van der Waals surface area contributed by atoms with Crippen LogP contribution in [0.4, 0.5) is 0 Å². The van der Waals surface area contributed by atoms with Crippen molar-refractivity contribution < 1.29 is 0 Å². The van der Waals surface area contributed by atoms with E-state index in [0.717, 1.165) is 65.4 Å². The summed E-state index contributed by atoms with van der Waals surface area (Å²) in [6.45, 7) is 6.75. The number of H-pyrrole nitrogens is 1. The van der Waals surface area contributed by atoms with Crippen molar-refractivity contribution in [3.05, 3.63) is 64.0 Å². The van der Waals surface area contributed by atoms with Crippen LogP contribution in [-0.2, 0) is 19.5 Å². The zero-order valence-electron chi connectivity index (χ0n) is 14.4. The molecule has 1 aliphatic heterocycles. The third kappa shape index (κ3) is 3.43. The van der Waals surface area contributed by atoms with Gasteiger partial charge in [0.05, 0.1) is 17.9 Å². The fourth-order valence-corrected chi connectivity index (χ4v) is 3.28. The van der Waals surface area contributed by atoms with Crippen LogP contribution < -0.4 is 0 Å². The minimum Gasteiger partial charge on any atom is -0.345 e. The van der Waals surface area contributed by atoms with Crippen molar-refractivity contribution in [1.82, 2.24) is 24.8 Å². The van der Waals surface area contributed by atoms with Crippen LogP contribution in [0.25, 0.3) is 11.4 Å². The molecule has 128 valence electrons. The summed E-state index contributed by atoms with van der Waals surface area (Å²) < 4.78 is 0. The number of rotatable bonds is 3. The Hall–Kier alpha value is -2.24. The van der Waals surface area contributed by atoms with Crippen molar-refractivity contribution in [3.63, 3.8) is 0 Å². The van der Waals surface area contributed by atoms with E-state index in [4.69, 9.17) is 16.6 Å². The van der Waals surface area contributed by atoms with Crippen LogP contribution in [0.15, 0.2) is 30.5 Å². The highest BCUT2D eigenvalue weighted by Gasteiger charge is 2.20. The Morgan fingerprint density at radius 3 is 2.68 bits per heavy atom. The van der Waals surface area contributed by atoms with E-state index in [-0.39, 0.29) is 0 Å². The molecule has 3 aromatic rings. The number of aromatic amines is 1. The van der Waals surface area contributed by atoms with E-state index in [9.17, 15) is 0 Å². The molecule has 0 saturated carbocycles. The minimum atomic E-state index is 0.723. The molecule has 0 aliphatic carbocycles. The van der Waals surface area contributed by atoms with Crippen molar-refractivity contribution >= 4 is 11.6 Å². The number of imidazole rings is 1. The lowest BCUT2D eigenvalue weighted by atomic mass is 10.1. The maximum absolute atomic E-state index is 5.95. The Morgan fingerprint density at radius 1 is 1.16 bits per heavy atom. The first-order valence-corrected chi connectivity index (χ1v) is 8.81. The van der Waals surface area contributed by atoms with E-state index in [1.165, 1.54) is 5.56 Å². The number of hydrogen-bond acceptors (Lipinski definition) is 4. The normalized spacial score (nSPS) is 14.5. The van der Waals surface area contributed by atoms with E-state index in [2.05, 4.69) is 26.8 Å². The van der Waals surface area contributed by atoms with Crippen molar-refractivity contribution in [2.75, 3.05) is 6.54 Å². The van der Waals surface area contributed by atoms with E-state index >= 15 is 0 Å². The quantitative estimate of drug-likeness (QED) is 0.780. The van der Waals surface area contributed by atoms with Gasteiger partial charge in [-0.3, -0.25) is 4.90 Å². The van der Waals surface area contributed by atoms with Gasteiger partial charge >= 0.3 is 0 Å². The first kappa shape index (κ1) is 16.2. The summed E-state index contributed by atoms with van der Waals surface area (Å²) >= 11 is 5.95. The molecule has 5 nitrogen and oxygen atoms in total. The summed E-state index contributed by atoms with van der Waals surface area (Å²) in [7, 11) is 0. The fourth-order valence-electron chi connectivity index (χ4n) is 3.16. The van der Waals surface area contributed by atoms with Crippen LogP contribution in [0.2, 0.25) is 5.02 Å². The van der Waals surface area contributed by atoms with Gasteiger partial charge < -0.3 is 4.98 Å². The fraction of sp³-hybridized carbons (Fsp3) is 0.316. The zero-order valence-corrected chi connectivity index (χ0v) is 15.1. The number of aromatic nitrogens is 4. The number of nitrogens with one attached hydrogen (secondary N) is 1. The smallest absolute Gasteiger partial charge is 0.159 e. The Morgan fingerprint density at radius 2 is 1.96 bits per heavy atom. The average Bonchev–Trinajstić information content (AvgIpc) is 2.92. The summed E-state index contributed by atoms with van der Waals surface area (Å²) in [4.78, 5) is 19.6. The second kappa shape index (κ2) is 6.58. The van der Waals surface area contributed by atoms with Crippen LogP contribution in [0, 0.1) is 13.8 Å². The van der Waals surface area contributed by atoms with Gasteiger partial charge in [-0.1, -0.05) is 11.6 Å². The zero-order chi connectivity index (χ0) is 17.4. The van der Waals surface area contributed by atoms with Crippen molar-refractivity contribution in [3.8, 4) is 11.4 Å². The van der Waals surface area contributed by atoms with Crippen LogP contribution in [0.5, 0.6) is 0 Å². The molecule has 1 aromatic carbocycles. The summed E-state index contributed by atoms with van der Waals surface area (Å²) in [6.07, 6.45) is 2.88. The molecule has 0 radical (unpaired) electrons. The van der Waals surface area contributed by atoms with Gasteiger partial charge in [0.2, 0.25) is 0 Å². The molecule has 0 bridgehead atoms. The molecule has 6 heteroatoms. The second-order valence-electron chi connectivity index (χ2n) is 6.53. The number of halogens is 1. The number of benzene rings is 1. The molecular formula is C19H20ClN5. The maximum Gasteiger partial charge on any atom is 0.159 e. The molecule has 0 amide bonds. The molecule has 0 unspecified atom stereocenters. The molecule has 0 fully saturated rings. The molecule has 3 heterocycles. The van der Waals surface area contributed by atoms with Crippen LogP contribution >= 0.6 is 11.6 Å². The van der Waals surface area contributed by atoms with Gasteiger partial charge in [0.1, 0.15) is 5.82 Å². The molecule has 2 aromatic heterocycles. The van der Waals surface area contributed by atoms with Crippen LogP contribution in [-0.4, -0.2) is 31.4 Å². The van der Waals surface area contributed by atoms with E-state index in [1.807, 2.05) is 37.4 Å². The summed E-state index contributed by atoms with van der Waals surface area (Å²) in [5, 5.41) is 0.723. The van der Waals surface area contributed by atoms with Crippen molar-refractivity contribution in [2.45, 2.75) is 33.4 Å². The van der Waals surface area contributed by atoms with Gasteiger partial charge in [0, 0.05) is 47.6 Å². The number of fused-ring (bicyclic) bond motifs is 1. The highest BCUT2D eigenvalue weighted by Crippen LogP contribution is 2.23. The lowest BCUT2D eigenvalue weighted by Gasteiger charge is -2.27. The van der Waals surface area contributed by atoms with Crippen LogP contribution in [0.3, 0.4) is 0 Å². The molecule has 1 aliphatic rings. The standard InChI is InChI=1S/C19H20ClN5/c1-12-13(2)23-18(22-12)11-25-8-7-17-15(10-25)9-21-19(24-17)14-3-5-16(20)6-4-14/h3-6,9H,7-8,10-11H2,1-2H3,(H,22,23). The molecule has 1 N–H and O–H groups in total. The van der Waals surface area contributed by atoms with Gasteiger partial charge in [-0.25, -0.2) is 15.0 Å². The summed E-state index contributed by atoms with van der Waals surface area (Å²) in [5.74, 6) is 1.79. The van der Waals surface area contributed by atoms with Crippen molar-refractivity contribution in [2.24, 2.45) is 0 Å². The Bertz CT molecular complexity index is 881. The molecule has 0 spiro atoms. The number of aryl methyl sites for hydroxylation is 2. The van der Waals surface area contributed by atoms with Gasteiger partial charge in [-0.15, -0.1) is 0 Å². The lowest BCUT2D eigenvalue weighted by molar-refractivity contribution is 0.237. The van der Waals surface area contributed by atoms with Gasteiger partial charge in [0.25, 0.3) is 0 Å². The minimum absolute atomic E-state index is 0.723. The van der Waals surface area contributed by atoms with Gasteiger partial charge in [-0.2, -0.15) is 0 Å². The molecular weight excluding hydrogens is 334 g/mol. The maximum atomic E-state index is 5.95. The number of hydrogen-bond donors (Lipinski definition) is 1. The summed E-state index contributed by atoms with van der Waals surface area (Å²) in [6, 6.07) is 7.66. The molecule has 0 atom stereocenters. The topological polar surface area (TPSA) is 57.7 Å². The van der Waals surface area contributed by atoms with Crippen LogP contribution in [0.1, 0.15) is 28.5 Å².